The van der Waals surface area contributed by atoms with E-state index in [0.717, 1.165) is 5.56 Å². The smallest absolute Gasteiger partial charge is 0.300 e. The first-order valence-corrected chi connectivity index (χ1v) is 9.58. The largest absolute Gasteiger partial charge is 0.507 e. The minimum absolute atomic E-state index is 0.0675. The van der Waals surface area contributed by atoms with Crippen LogP contribution in [0.15, 0.2) is 84.4 Å². The molecule has 1 N–H and O–H groups in total. The maximum atomic E-state index is 13.1. The summed E-state index contributed by atoms with van der Waals surface area (Å²) in [4.78, 5) is 27.6. The Kier molecular flexibility index (Phi) is 5.11. The van der Waals surface area contributed by atoms with Gasteiger partial charge in [-0.2, -0.15) is 0 Å². The Labute approximate surface area is 174 Å². The number of benzene rings is 3. The molecule has 1 atom stereocenters. The van der Waals surface area contributed by atoms with Crippen molar-refractivity contribution in [3.63, 3.8) is 0 Å². The second-order valence-corrected chi connectivity index (χ2v) is 7.15. The van der Waals surface area contributed by atoms with Gasteiger partial charge in [0.1, 0.15) is 11.5 Å². The van der Waals surface area contributed by atoms with Crippen molar-refractivity contribution in [1.82, 2.24) is 0 Å². The zero-order chi connectivity index (χ0) is 21.3. The second-order valence-electron chi connectivity index (χ2n) is 7.15. The molecule has 1 saturated heterocycles. The molecule has 1 aliphatic heterocycles. The van der Waals surface area contributed by atoms with Gasteiger partial charge >= 0.3 is 0 Å². The van der Waals surface area contributed by atoms with Gasteiger partial charge in [-0.3, -0.25) is 14.5 Å². The van der Waals surface area contributed by atoms with Gasteiger partial charge in [0.25, 0.3) is 11.7 Å². The van der Waals surface area contributed by atoms with Gasteiger partial charge in [-0.1, -0.05) is 54.6 Å². The van der Waals surface area contributed by atoms with Crippen LogP contribution in [-0.2, 0) is 9.59 Å². The van der Waals surface area contributed by atoms with Crippen LogP contribution in [0.1, 0.15) is 22.7 Å². The molecule has 1 aliphatic rings. The van der Waals surface area contributed by atoms with Crippen molar-refractivity contribution < 1.29 is 19.4 Å². The second kappa shape index (κ2) is 7.87. The van der Waals surface area contributed by atoms with Crippen LogP contribution in [0.5, 0.6) is 5.75 Å². The summed E-state index contributed by atoms with van der Waals surface area (Å²) in [6.07, 6.45) is 0. The van der Waals surface area contributed by atoms with Crippen molar-refractivity contribution in [1.29, 1.82) is 0 Å². The molecular weight excluding hydrogens is 378 g/mol. The van der Waals surface area contributed by atoms with Crippen LogP contribution < -0.4 is 9.64 Å². The number of methoxy groups -OCH3 is 1. The van der Waals surface area contributed by atoms with E-state index in [9.17, 15) is 14.7 Å². The number of rotatable bonds is 4. The predicted molar refractivity (Wildman–Crippen MR) is 115 cm³/mol. The molecule has 5 heteroatoms. The van der Waals surface area contributed by atoms with E-state index in [4.69, 9.17) is 4.74 Å². The Hall–Kier alpha value is -3.86. The van der Waals surface area contributed by atoms with Gasteiger partial charge in [0.05, 0.1) is 18.7 Å². The third kappa shape index (κ3) is 3.35. The molecule has 0 spiro atoms. The fraction of sp³-hybridized carbons (Fsp3) is 0.120. The number of hydrogen-bond donors (Lipinski definition) is 1. The molecule has 0 radical (unpaired) electrons. The topological polar surface area (TPSA) is 66.8 Å². The standard InChI is InChI=1S/C25H21NO4/c1-16-7-6-10-19(15-16)26-22(17-11-13-20(30-2)14-12-17)21(24(28)25(26)29)23(27)18-8-4-3-5-9-18/h3-15,22,27H,1-2H3/t22-/m1/s1. The number of carbonyl (C=O) groups is 2. The number of aryl methyl sites for hydroxylation is 1. The van der Waals surface area contributed by atoms with Crippen LogP contribution in [-0.4, -0.2) is 23.9 Å². The van der Waals surface area contributed by atoms with E-state index < -0.39 is 17.7 Å². The van der Waals surface area contributed by atoms with E-state index in [2.05, 4.69) is 0 Å². The number of carbonyl (C=O) groups excluding carboxylic acids is 2. The molecular formula is C25H21NO4. The van der Waals surface area contributed by atoms with E-state index >= 15 is 0 Å². The highest BCUT2D eigenvalue weighted by Gasteiger charge is 2.46. The molecule has 0 aromatic heterocycles. The van der Waals surface area contributed by atoms with E-state index in [1.54, 1.807) is 61.7 Å². The molecule has 1 fully saturated rings. The summed E-state index contributed by atoms with van der Waals surface area (Å²) < 4.78 is 5.24. The lowest BCUT2D eigenvalue weighted by Gasteiger charge is -2.26. The fourth-order valence-corrected chi connectivity index (χ4v) is 3.73. The molecule has 1 heterocycles. The van der Waals surface area contributed by atoms with Crippen LogP contribution in [0, 0.1) is 6.92 Å². The number of amides is 1. The van der Waals surface area contributed by atoms with Crippen molar-refractivity contribution in [2.45, 2.75) is 13.0 Å². The average Bonchev–Trinajstić information content (AvgIpc) is 3.04. The van der Waals surface area contributed by atoms with Gasteiger partial charge in [-0.25, -0.2) is 0 Å². The quantitative estimate of drug-likeness (QED) is 0.395. The van der Waals surface area contributed by atoms with Gasteiger partial charge in [-0.05, 0) is 42.3 Å². The van der Waals surface area contributed by atoms with Gasteiger partial charge < -0.3 is 9.84 Å². The van der Waals surface area contributed by atoms with Gasteiger partial charge in [-0.15, -0.1) is 0 Å². The molecule has 30 heavy (non-hydrogen) atoms. The summed E-state index contributed by atoms with van der Waals surface area (Å²) in [6, 6.07) is 22.6. The minimum Gasteiger partial charge on any atom is -0.507 e. The number of ether oxygens (including phenoxy) is 1. The van der Waals surface area contributed by atoms with Crippen molar-refractivity contribution in [2.75, 3.05) is 12.0 Å². The summed E-state index contributed by atoms with van der Waals surface area (Å²) in [5.41, 5.74) is 2.82. The highest BCUT2D eigenvalue weighted by molar-refractivity contribution is 6.51. The Bertz CT molecular complexity index is 1130. The number of nitrogens with zero attached hydrogens (tertiary/aromatic N) is 1. The summed E-state index contributed by atoms with van der Waals surface area (Å²) >= 11 is 0. The summed E-state index contributed by atoms with van der Waals surface area (Å²) in [6.45, 7) is 1.92. The molecule has 4 rings (SSSR count). The number of aliphatic hydroxyl groups excluding tert-OH is 1. The van der Waals surface area contributed by atoms with E-state index in [1.165, 1.54) is 4.90 Å². The summed E-state index contributed by atoms with van der Waals surface area (Å²) in [5.74, 6) is -0.906. The van der Waals surface area contributed by atoms with Crippen LogP contribution >= 0.6 is 0 Å². The Morgan fingerprint density at radius 2 is 1.63 bits per heavy atom. The van der Waals surface area contributed by atoms with Crippen molar-refractivity contribution in [2.24, 2.45) is 0 Å². The number of ketones is 1. The molecule has 0 unspecified atom stereocenters. The maximum absolute atomic E-state index is 13.1. The normalized spacial score (nSPS) is 17.9. The van der Waals surface area contributed by atoms with Crippen molar-refractivity contribution in [3.8, 4) is 5.75 Å². The highest BCUT2D eigenvalue weighted by atomic mass is 16.5. The van der Waals surface area contributed by atoms with E-state index in [1.807, 2.05) is 31.2 Å². The molecule has 0 saturated carbocycles. The number of anilines is 1. The fourth-order valence-electron chi connectivity index (χ4n) is 3.73. The molecule has 3 aromatic rings. The highest BCUT2D eigenvalue weighted by Crippen LogP contribution is 2.42. The molecule has 150 valence electrons. The van der Waals surface area contributed by atoms with Gasteiger partial charge in [0.15, 0.2) is 0 Å². The lowest BCUT2D eigenvalue weighted by Crippen LogP contribution is -2.29. The van der Waals surface area contributed by atoms with Crippen LogP contribution in [0.3, 0.4) is 0 Å². The first-order chi connectivity index (χ1) is 14.5. The number of hydrogen-bond acceptors (Lipinski definition) is 4. The maximum Gasteiger partial charge on any atom is 0.300 e. The van der Waals surface area contributed by atoms with Gasteiger partial charge in [0, 0.05) is 11.3 Å². The number of aliphatic hydroxyl groups is 1. The SMILES string of the molecule is COc1ccc([C@@H]2C(=C(O)c3ccccc3)C(=O)C(=O)N2c2cccc(C)c2)cc1. The first-order valence-electron chi connectivity index (χ1n) is 9.58. The zero-order valence-electron chi connectivity index (χ0n) is 16.7. The van der Waals surface area contributed by atoms with Crippen molar-refractivity contribution in [3.05, 3.63) is 101 Å². The average molecular weight is 399 g/mol. The predicted octanol–water partition coefficient (Wildman–Crippen LogP) is 4.63. The van der Waals surface area contributed by atoms with E-state index in [-0.39, 0.29) is 11.3 Å². The molecule has 0 bridgehead atoms. The number of Topliss-reactive ketones (excluding diaryl/α,β-unsaturated/α-hetero) is 1. The lowest BCUT2D eigenvalue weighted by atomic mass is 9.95. The lowest BCUT2D eigenvalue weighted by molar-refractivity contribution is -0.132. The monoisotopic (exact) mass is 399 g/mol. The van der Waals surface area contributed by atoms with Crippen molar-refractivity contribution >= 4 is 23.1 Å². The van der Waals surface area contributed by atoms with Gasteiger partial charge in [0.2, 0.25) is 0 Å². The van der Waals surface area contributed by atoms with E-state index in [0.29, 0.717) is 22.6 Å². The van der Waals surface area contributed by atoms with Crippen LogP contribution in [0.4, 0.5) is 5.69 Å². The summed E-state index contributed by atoms with van der Waals surface area (Å²) in [7, 11) is 1.57. The summed E-state index contributed by atoms with van der Waals surface area (Å²) in [5, 5.41) is 11.0. The van der Waals surface area contributed by atoms with Crippen LogP contribution in [0.25, 0.3) is 5.76 Å². The third-order valence-corrected chi connectivity index (χ3v) is 5.20. The zero-order valence-corrected chi connectivity index (χ0v) is 16.7. The Morgan fingerprint density at radius 3 is 2.27 bits per heavy atom. The molecule has 5 nitrogen and oxygen atoms in total. The Morgan fingerprint density at radius 1 is 0.933 bits per heavy atom. The molecule has 3 aromatic carbocycles. The first kappa shape index (κ1) is 19.5. The minimum atomic E-state index is -0.752. The Balaban J connectivity index is 1.94. The third-order valence-electron chi connectivity index (χ3n) is 5.20. The van der Waals surface area contributed by atoms with Crippen LogP contribution in [0.2, 0.25) is 0 Å². The molecule has 1 amide bonds. The molecule has 0 aliphatic carbocycles.